The number of imidazole rings is 1. The van der Waals surface area contributed by atoms with Crippen LogP contribution in [0.4, 0.5) is 20.4 Å². The number of fused-ring (bicyclic) bond motifs is 1. The number of pyridine rings is 2. The molecular formula is C22H14F2N6O. The Labute approximate surface area is 174 Å². The molecule has 4 aromatic heterocycles. The third kappa shape index (κ3) is 3.42. The predicted molar refractivity (Wildman–Crippen MR) is 112 cm³/mol. The van der Waals surface area contributed by atoms with Gasteiger partial charge in [-0.25, -0.2) is 13.8 Å². The summed E-state index contributed by atoms with van der Waals surface area (Å²) < 4.78 is 29.9. The summed E-state index contributed by atoms with van der Waals surface area (Å²) in [5.41, 5.74) is 2.52. The Morgan fingerprint density at radius 1 is 0.968 bits per heavy atom. The Bertz CT molecular complexity index is 1440. The number of benzene rings is 1. The fourth-order valence-corrected chi connectivity index (χ4v) is 3.29. The van der Waals surface area contributed by atoms with Gasteiger partial charge in [-0.15, -0.1) is 0 Å². The molecule has 0 fully saturated rings. The van der Waals surface area contributed by atoms with Crippen LogP contribution in [-0.2, 0) is 0 Å². The molecule has 0 amide bonds. The summed E-state index contributed by atoms with van der Waals surface area (Å²) >= 11 is 0. The van der Waals surface area contributed by atoms with Gasteiger partial charge in [0.15, 0.2) is 0 Å². The third-order valence-corrected chi connectivity index (χ3v) is 4.77. The maximum absolute atomic E-state index is 14.2. The molecule has 9 heteroatoms. The molecule has 0 atom stereocenters. The van der Waals surface area contributed by atoms with Crippen molar-refractivity contribution in [3.63, 3.8) is 0 Å². The standard InChI is InChI=1S/C22H14F2N6O/c23-16-2-1-3-17(24)21(16)18-6-5-14-11-27-22(30(14)29-18)28-19-12-25-9-8-15(19)13-4-7-20(31)26-10-13/h1-12H,(H,26,31)(H,27,28). The second-order valence-electron chi connectivity index (χ2n) is 6.72. The molecule has 5 rings (SSSR count). The number of H-pyrrole nitrogens is 1. The Hall–Kier alpha value is -4.40. The maximum atomic E-state index is 14.2. The van der Waals surface area contributed by atoms with Crippen LogP contribution in [0.3, 0.4) is 0 Å². The second kappa shape index (κ2) is 7.45. The Morgan fingerprint density at radius 3 is 2.58 bits per heavy atom. The third-order valence-electron chi connectivity index (χ3n) is 4.77. The summed E-state index contributed by atoms with van der Waals surface area (Å²) in [6.45, 7) is 0. The molecule has 0 aliphatic heterocycles. The average molecular weight is 416 g/mol. The van der Waals surface area contributed by atoms with Crippen LogP contribution in [0.25, 0.3) is 27.9 Å². The normalized spacial score (nSPS) is 11.0. The van der Waals surface area contributed by atoms with Crippen molar-refractivity contribution in [3.05, 3.63) is 95.3 Å². The van der Waals surface area contributed by atoms with Gasteiger partial charge in [-0.05, 0) is 36.4 Å². The van der Waals surface area contributed by atoms with E-state index in [1.54, 1.807) is 43.0 Å². The molecule has 0 bridgehead atoms. The van der Waals surface area contributed by atoms with Crippen molar-refractivity contribution >= 4 is 17.2 Å². The van der Waals surface area contributed by atoms with Gasteiger partial charge in [-0.3, -0.25) is 9.78 Å². The van der Waals surface area contributed by atoms with Crippen molar-refractivity contribution in [3.8, 4) is 22.4 Å². The van der Waals surface area contributed by atoms with Gasteiger partial charge in [-0.1, -0.05) is 6.07 Å². The summed E-state index contributed by atoms with van der Waals surface area (Å²) in [7, 11) is 0. The van der Waals surface area contributed by atoms with Crippen molar-refractivity contribution in [1.29, 1.82) is 0 Å². The lowest BCUT2D eigenvalue weighted by Gasteiger charge is -2.11. The number of hydrogen-bond acceptors (Lipinski definition) is 5. The largest absolute Gasteiger partial charge is 0.328 e. The highest BCUT2D eigenvalue weighted by Gasteiger charge is 2.15. The van der Waals surface area contributed by atoms with Crippen molar-refractivity contribution in [2.75, 3.05) is 5.32 Å². The number of aromatic nitrogens is 5. The maximum Gasteiger partial charge on any atom is 0.247 e. The minimum Gasteiger partial charge on any atom is -0.328 e. The summed E-state index contributed by atoms with van der Waals surface area (Å²) in [6.07, 6.45) is 6.44. The highest BCUT2D eigenvalue weighted by atomic mass is 19.1. The second-order valence-corrected chi connectivity index (χ2v) is 6.72. The topological polar surface area (TPSA) is 88.0 Å². The molecule has 7 nitrogen and oxygen atoms in total. The molecule has 1 aromatic carbocycles. The Morgan fingerprint density at radius 2 is 1.81 bits per heavy atom. The molecule has 2 N–H and O–H groups in total. The molecular weight excluding hydrogens is 402 g/mol. The van der Waals surface area contributed by atoms with Gasteiger partial charge in [0.25, 0.3) is 0 Å². The zero-order valence-electron chi connectivity index (χ0n) is 15.9. The molecule has 0 unspecified atom stereocenters. The molecule has 0 spiro atoms. The minimum atomic E-state index is -0.700. The number of nitrogens with one attached hydrogen (secondary N) is 2. The Kier molecular flexibility index (Phi) is 4.47. The fourth-order valence-electron chi connectivity index (χ4n) is 3.29. The van der Waals surface area contributed by atoms with E-state index >= 15 is 0 Å². The Balaban J connectivity index is 1.58. The predicted octanol–water partition coefficient (Wildman–Crippen LogP) is 4.17. The average Bonchev–Trinajstić information content (AvgIpc) is 3.17. The van der Waals surface area contributed by atoms with E-state index in [2.05, 4.69) is 25.4 Å². The van der Waals surface area contributed by atoms with Crippen molar-refractivity contribution in [1.82, 2.24) is 24.6 Å². The van der Waals surface area contributed by atoms with Gasteiger partial charge in [0.1, 0.15) is 11.6 Å². The lowest BCUT2D eigenvalue weighted by molar-refractivity contribution is 0.588. The van der Waals surface area contributed by atoms with E-state index in [1.807, 2.05) is 0 Å². The van der Waals surface area contributed by atoms with E-state index in [9.17, 15) is 13.6 Å². The summed E-state index contributed by atoms with van der Waals surface area (Å²) in [5, 5.41) is 7.54. The number of hydrogen-bond donors (Lipinski definition) is 2. The molecule has 0 saturated carbocycles. The quantitative estimate of drug-likeness (QED) is 0.459. The van der Waals surface area contributed by atoms with Gasteiger partial charge >= 0.3 is 0 Å². The summed E-state index contributed by atoms with van der Waals surface area (Å²) in [6, 6.07) is 11.8. The van der Waals surface area contributed by atoms with Crippen LogP contribution in [0.1, 0.15) is 0 Å². The fraction of sp³-hybridized carbons (Fsp3) is 0. The van der Waals surface area contributed by atoms with E-state index in [4.69, 9.17) is 0 Å². The van der Waals surface area contributed by atoms with Crippen LogP contribution < -0.4 is 10.9 Å². The first-order valence-electron chi connectivity index (χ1n) is 9.29. The molecule has 0 aliphatic rings. The van der Waals surface area contributed by atoms with Crippen molar-refractivity contribution in [2.24, 2.45) is 0 Å². The molecule has 4 heterocycles. The van der Waals surface area contributed by atoms with Gasteiger partial charge < -0.3 is 10.3 Å². The van der Waals surface area contributed by atoms with Crippen LogP contribution in [-0.4, -0.2) is 24.6 Å². The molecule has 5 aromatic rings. The van der Waals surface area contributed by atoms with E-state index in [1.165, 1.54) is 34.8 Å². The van der Waals surface area contributed by atoms with Crippen LogP contribution in [0.5, 0.6) is 0 Å². The molecule has 31 heavy (non-hydrogen) atoms. The first-order valence-corrected chi connectivity index (χ1v) is 9.29. The zero-order chi connectivity index (χ0) is 21.4. The van der Waals surface area contributed by atoms with E-state index in [-0.39, 0.29) is 16.8 Å². The highest BCUT2D eigenvalue weighted by molar-refractivity contribution is 5.79. The van der Waals surface area contributed by atoms with E-state index in [0.29, 0.717) is 17.2 Å². The molecule has 0 saturated heterocycles. The van der Waals surface area contributed by atoms with Crippen molar-refractivity contribution < 1.29 is 8.78 Å². The molecule has 0 aliphatic carbocycles. The number of nitrogens with zero attached hydrogens (tertiary/aromatic N) is 4. The van der Waals surface area contributed by atoms with Crippen LogP contribution >= 0.6 is 0 Å². The van der Waals surface area contributed by atoms with Gasteiger partial charge in [0.05, 0.1) is 34.9 Å². The molecule has 152 valence electrons. The van der Waals surface area contributed by atoms with E-state index in [0.717, 1.165) is 11.1 Å². The zero-order valence-corrected chi connectivity index (χ0v) is 15.9. The van der Waals surface area contributed by atoms with Gasteiger partial charge in [-0.2, -0.15) is 9.61 Å². The monoisotopic (exact) mass is 416 g/mol. The number of aromatic amines is 1. The lowest BCUT2D eigenvalue weighted by Crippen LogP contribution is -2.04. The summed E-state index contributed by atoms with van der Waals surface area (Å²) in [5.74, 6) is -1.06. The highest BCUT2D eigenvalue weighted by Crippen LogP contribution is 2.29. The number of rotatable bonds is 4. The number of anilines is 2. The van der Waals surface area contributed by atoms with Gasteiger partial charge in [0.2, 0.25) is 11.5 Å². The number of halogens is 2. The SMILES string of the molecule is O=c1ccc(-c2ccncc2Nc2ncc3ccc(-c4c(F)cccc4F)nn23)c[nH]1. The first-order chi connectivity index (χ1) is 15.1. The first kappa shape index (κ1) is 18.6. The van der Waals surface area contributed by atoms with Crippen molar-refractivity contribution in [2.45, 2.75) is 0 Å². The smallest absolute Gasteiger partial charge is 0.247 e. The van der Waals surface area contributed by atoms with Crippen LogP contribution in [0.15, 0.2) is 78.1 Å². The van der Waals surface area contributed by atoms with Crippen LogP contribution in [0, 0.1) is 11.6 Å². The van der Waals surface area contributed by atoms with Crippen LogP contribution in [0.2, 0.25) is 0 Å². The molecule has 0 radical (unpaired) electrons. The van der Waals surface area contributed by atoms with E-state index < -0.39 is 11.6 Å². The van der Waals surface area contributed by atoms with Gasteiger partial charge in [0, 0.05) is 29.6 Å². The lowest BCUT2D eigenvalue weighted by atomic mass is 10.1. The minimum absolute atomic E-state index is 0.135. The summed E-state index contributed by atoms with van der Waals surface area (Å²) in [4.78, 5) is 22.5.